The van der Waals surface area contributed by atoms with Gasteiger partial charge in [0.05, 0.1) is 12.2 Å². The molecule has 4 heteroatoms. The van der Waals surface area contributed by atoms with Crippen molar-refractivity contribution in [3.8, 4) is 0 Å². The third kappa shape index (κ3) is 3.41. The highest BCUT2D eigenvalue weighted by Gasteiger charge is 2.38. The van der Waals surface area contributed by atoms with Crippen molar-refractivity contribution in [3.05, 3.63) is 0 Å². The fraction of sp³-hybridized carbons (Fsp3) is 1.00. The summed E-state index contributed by atoms with van der Waals surface area (Å²) in [5.41, 5.74) is -0.156. The largest absolute Gasteiger partial charge is 0.390 e. The molecule has 0 spiro atoms. The van der Waals surface area contributed by atoms with Gasteiger partial charge in [0.15, 0.2) is 0 Å². The molecule has 2 rings (SSSR count). The van der Waals surface area contributed by atoms with E-state index in [1.165, 1.54) is 0 Å². The molecule has 0 bridgehead atoms. The summed E-state index contributed by atoms with van der Waals surface area (Å²) in [5.74, 6) is 0. The van der Waals surface area contributed by atoms with Crippen LogP contribution in [-0.2, 0) is 4.74 Å². The highest BCUT2D eigenvalue weighted by molar-refractivity contribution is 4.91. The van der Waals surface area contributed by atoms with E-state index in [4.69, 9.17) is 4.74 Å². The number of hydrogen-bond donors (Lipinski definition) is 2. The highest BCUT2D eigenvalue weighted by atomic mass is 16.5. The summed E-state index contributed by atoms with van der Waals surface area (Å²) >= 11 is 0. The van der Waals surface area contributed by atoms with Gasteiger partial charge in [0.1, 0.15) is 0 Å². The van der Waals surface area contributed by atoms with E-state index in [1.54, 1.807) is 0 Å². The first kappa shape index (κ1) is 13.3. The summed E-state index contributed by atoms with van der Waals surface area (Å²) in [6.45, 7) is 7.88. The van der Waals surface area contributed by atoms with Crippen molar-refractivity contribution in [2.24, 2.45) is 5.41 Å². The molecule has 1 unspecified atom stereocenters. The average Bonchev–Trinajstić information content (AvgIpc) is 2.71. The number of likely N-dealkylation sites (tertiary alicyclic amines) is 1. The second-order valence-corrected chi connectivity index (χ2v) is 6.11. The van der Waals surface area contributed by atoms with Crippen LogP contribution in [0.4, 0.5) is 0 Å². The highest BCUT2D eigenvalue weighted by Crippen LogP contribution is 2.31. The summed E-state index contributed by atoms with van der Waals surface area (Å²) in [5, 5.41) is 13.3. The lowest BCUT2D eigenvalue weighted by atomic mass is 9.85. The van der Waals surface area contributed by atoms with Crippen LogP contribution >= 0.6 is 0 Å². The first-order chi connectivity index (χ1) is 8.05. The third-order valence-electron chi connectivity index (χ3n) is 4.23. The number of nitrogens with one attached hydrogen (secondary N) is 1. The molecule has 0 aliphatic carbocycles. The second-order valence-electron chi connectivity index (χ2n) is 6.11. The summed E-state index contributed by atoms with van der Waals surface area (Å²) < 4.78 is 5.58. The molecule has 0 amide bonds. The van der Waals surface area contributed by atoms with E-state index in [1.807, 2.05) is 14.0 Å². The van der Waals surface area contributed by atoms with Crippen molar-refractivity contribution >= 4 is 0 Å². The maximum atomic E-state index is 9.96. The van der Waals surface area contributed by atoms with Crippen LogP contribution in [0.25, 0.3) is 0 Å². The molecule has 2 N–H and O–H groups in total. The number of aliphatic hydroxyl groups is 1. The van der Waals surface area contributed by atoms with Crippen molar-refractivity contribution < 1.29 is 9.84 Å². The molecule has 0 saturated carbocycles. The molecular weight excluding hydrogens is 216 g/mol. The Morgan fingerprint density at radius 3 is 2.53 bits per heavy atom. The Hall–Kier alpha value is -0.160. The zero-order valence-corrected chi connectivity index (χ0v) is 11.2. The van der Waals surface area contributed by atoms with Crippen molar-refractivity contribution in [2.75, 3.05) is 46.4 Å². The molecule has 2 fully saturated rings. The van der Waals surface area contributed by atoms with Gasteiger partial charge < -0.3 is 20.1 Å². The van der Waals surface area contributed by atoms with E-state index in [0.717, 1.165) is 58.7 Å². The zero-order valence-electron chi connectivity index (χ0n) is 11.2. The lowest BCUT2D eigenvalue weighted by Gasteiger charge is -2.40. The molecule has 0 aromatic rings. The van der Waals surface area contributed by atoms with Crippen LogP contribution in [0.1, 0.15) is 26.2 Å². The van der Waals surface area contributed by atoms with E-state index in [-0.39, 0.29) is 5.41 Å². The van der Waals surface area contributed by atoms with Gasteiger partial charge in [-0.3, -0.25) is 0 Å². The lowest BCUT2D eigenvalue weighted by molar-refractivity contribution is -0.0167. The van der Waals surface area contributed by atoms with Crippen LogP contribution in [-0.4, -0.2) is 62.0 Å². The Morgan fingerprint density at radius 1 is 1.29 bits per heavy atom. The number of nitrogens with zero attached hydrogens (tertiary/aromatic N) is 1. The van der Waals surface area contributed by atoms with Crippen LogP contribution < -0.4 is 5.32 Å². The molecule has 2 saturated heterocycles. The van der Waals surface area contributed by atoms with Crippen LogP contribution in [0.5, 0.6) is 0 Å². The van der Waals surface area contributed by atoms with Crippen LogP contribution in [0.2, 0.25) is 0 Å². The average molecular weight is 242 g/mol. The summed E-state index contributed by atoms with van der Waals surface area (Å²) in [6, 6.07) is 0. The van der Waals surface area contributed by atoms with E-state index >= 15 is 0 Å². The molecule has 0 radical (unpaired) electrons. The van der Waals surface area contributed by atoms with Crippen LogP contribution in [0, 0.1) is 5.41 Å². The van der Waals surface area contributed by atoms with Gasteiger partial charge in [0.2, 0.25) is 0 Å². The van der Waals surface area contributed by atoms with Gasteiger partial charge in [0.25, 0.3) is 0 Å². The van der Waals surface area contributed by atoms with Crippen molar-refractivity contribution in [3.63, 3.8) is 0 Å². The molecule has 0 aromatic carbocycles. The predicted octanol–water partition coefficient (Wildman–Crippen LogP) is 0.459. The predicted molar refractivity (Wildman–Crippen MR) is 68.1 cm³/mol. The smallest absolute Gasteiger partial charge is 0.0644 e. The van der Waals surface area contributed by atoms with E-state index in [2.05, 4.69) is 10.2 Å². The Kier molecular flexibility index (Phi) is 4.08. The van der Waals surface area contributed by atoms with E-state index < -0.39 is 5.60 Å². The normalized spacial score (nSPS) is 34.1. The quantitative estimate of drug-likeness (QED) is 0.752. The third-order valence-corrected chi connectivity index (χ3v) is 4.23. The van der Waals surface area contributed by atoms with Crippen molar-refractivity contribution in [1.82, 2.24) is 10.2 Å². The van der Waals surface area contributed by atoms with Gasteiger partial charge in [-0.15, -0.1) is 0 Å². The van der Waals surface area contributed by atoms with Crippen LogP contribution in [0.15, 0.2) is 0 Å². The summed E-state index contributed by atoms with van der Waals surface area (Å²) in [4.78, 5) is 2.49. The topological polar surface area (TPSA) is 44.7 Å². The van der Waals surface area contributed by atoms with Gasteiger partial charge in [-0.05, 0) is 33.2 Å². The molecule has 2 aliphatic heterocycles. The minimum absolute atomic E-state index is 0.290. The first-order valence-electron chi connectivity index (χ1n) is 6.72. The maximum absolute atomic E-state index is 9.96. The lowest BCUT2D eigenvalue weighted by Crippen LogP contribution is -2.49. The van der Waals surface area contributed by atoms with Gasteiger partial charge in [-0.25, -0.2) is 0 Å². The minimum atomic E-state index is -0.446. The molecule has 2 heterocycles. The fourth-order valence-corrected chi connectivity index (χ4v) is 3.01. The summed E-state index contributed by atoms with van der Waals surface area (Å²) in [6.07, 6.45) is 2.94. The van der Waals surface area contributed by atoms with E-state index in [0.29, 0.717) is 0 Å². The van der Waals surface area contributed by atoms with Crippen molar-refractivity contribution in [1.29, 1.82) is 0 Å². The Balaban J connectivity index is 1.87. The molecular formula is C13H26N2O2. The monoisotopic (exact) mass is 242 g/mol. The number of ether oxygens (including phenoxy) is 1. The molecule has 4 nitrogen and oxygen atoms in total. The molecule has 0 aromatic heterocycles. The number of rotatable bonds is 4. The van der Waals surface area contributed by atoms with Crippen LogP contribution in [0.3, 0.4) is 0 Å². The SMILES string of the molecule is CNCC1(CN2CCC(C)(O)CC2)CCOC1. The van der Waals surface area contributed by atoms with Gasteiger partial charge >= 0.3 is 0 Å². The standard InChI is InChI=1S/C13H26N2O2/c1-12(16)3-6-15(7-4-12)10-13(9-14-2)5-8-17-11-13/h14,16H,3-11H2,1-2H3. The molecule has 2 aliphatic rings. The molecule has 1 atom stereocenters. The number of piperidine rings is 1. The first-order valence-corrected chi connectivity index (χ1v) is 6.72. The van der Waals surface area contributed by atoms with Crippen molar-refractivity contribution in [2.45, 2.75) is 31.8 Å². The Morgan fingerprint density at radius 2 is 2.00 bits per heavy atom. The van der Waals surface area contributed by atoms with Gasteiger partial charge in [0, 0.05) is 38.2 Å². The summed E-state index contributed by atoms with van der Waals surface area (Å²) in [7, 11) is 2.01. The van der Waals surface area contributed by atoms with E-state index in [9.17, 15) is 5.11 Å². The Labute approximate surface area is 104 Å². The minimum Gasteiger partial charge on any atom is -0.390 e. The zero-order chi connectivity index (χ0) is 12.4. The number of hydrogen-bond acceptors (Lipinski definition) is 4. The maximum Gasteiger partial charge on any atom is 0.0644 e. The molecule has 17 heavy (non-hydrogen) atoms. The Bertz CT molecular complexity index is 240. The molecule has 100 valence electrons. The second kappa shape index (κ2) is 5.22. The van der Waals surface area contributed by atoms with Gasteiger partial charge in [-0.1, -0.05) is 0 Å². The fourth-order valence-electron chi connectivity index (χ4n) is 3.01. The van der Waals surface area contributed by atoms with Gasteiger partial charge in [-0.2, -0.15) is 0 Å².